The van der Waals surface area contributed by atoms with Gasteiger partial charge in [-0.25, -0.2) is 18.1 Å². The molecular formula is C14H19N3O3S. The second-order valence-electron chi connectivity index (χ2n) is 4.78. The second kappa shape index (κ2) is 6.38. The molecule has 0 aliphatic rings. The standard InChI is InChI=1S/C14H19N3O3S/c1-3-13(18)11-5-4-6-12(9-11)21(19,20)16-10-14-15-7-8-17(14)2/h4-9,13,16,18H,3,10H2,1-2H3. The minimum absolute atomic E-state index is 0.117. The van der Waals surface area contributed by atoms with Crippen LogP contribution in [0.15, 0.2) is 41.6 Å². The summed E-state index contributed by atoms with van der Waals surface area (Å²) in [5, 5.41) is 9.81. The summed E-state index contributed by atoms with van der Waals surface area (Å²) in [6.45, 7) is 1.96. The van der Waals surface area contributed by atoms with Crippen molar-refractivity contribution in [3.8, 4) is 0 Å². The predicted octanol–water partition coefficient (Wildman–Crippen LogP) is 1.34. The summed E-state index contributed by atoms with van der Waals surface area (Å²) in [4.78, 5) is 4.21. The molecule has 1 aromatic heterocycles. The molecule has 6 nitrogen and oxygen atoms in total. The number of sulfonamides is 1. The molecule has 0 aliphatic carbocycles. The zero-order valence-corrected chi connectivity index (χ0v) is 12.8. The molecule has 7 heteroatoms. The molecule has 0 fully saturated rings. The van der Waals surface area contributed by atoms with Crippen LogP contribution < -0.4 is 4.72 Å². The second-order valence-corrected chi connectivity index (χ2v) is 6.54. The molecule has 0 saturated carbocycles. The zero-order valence-electron chi connectivity index (χ0n) is 12.0. The summed E-state index contributed by atoms with van der Waals surface area (Å²) in [6, 6.07) is 6.34. The Morgan fingerprint density at radius 2 is 2.19 bits per heavy atom. The first-order chi connectivity index (χ1) is 9.94. The minimum Gasteiger partial charge on any atom is -0.388 e. The molecule has 0 saturated heterocycles. The molecule has 0 spiro atoms. The van der Waals surface area contributed by atoms with Gasteiger partial charge in [-0.3, -0.25) is 0 Å². The van der Waals surface area contributed by atoms with Gasteiger partial charge < -0.3 is 9.67 Å². The third kappa shape index (κ3) is 3.69. The largest absolute Gasteiger partial charge is 0.388 e. The van der Waals surface area contributed by atoms with Crippen molar-refractivity contribution < 1.29 is 13.5 Å². The lowest BCUT2D eigenvalue weighted by Gasteiger charge is -2.11. The Hall–Kier alpha value is -1.70. The van der Waals surface area contributed by atoms with Crippen LogP contribution in [0.4, 0.5) is 0 Å². The van der Waals surface area contributed by atoms with Crippen molar-refractivity contribution in [2.75, 3.05) is 0 Å². The number of nitrogens with one attached hydrogen (secondary N) is 1. The van der Waals surface area contributed by atoms with E-state index in [1.165, 1.54) is 12.1 Å². The quantitative estimate of drug-likeness (QED) is 0.843. The third-order valence-corrected chi connectivity index (χ3v) is 4.68. The van der Waals surface area contributed by atoms with Gasteiger partial charge in [-0.2, -0.15) is 0 Å². The molecule has 2 aromatic rings. The summed E-state index contributed by atoms with van der Waals surface area (Å²) >= 11 is 0. The van der Waals surface area contributed by atoms with Crippen LogP contribution in [0.1, 0.15) is 30.8 Å². The first-order valence-corrected chi connectivity index (χ1v) is 8.16. The normalized spacial score (nSPS) is 13.3. The van der Waals surface area contributed by atoms with E-state index in [2.05, 4.69) is 9.71 Å². The topological polar surface area (TPSA) is 84.2 Å². The van der Waals surface area contributed by atoms with Crippen molar-refractivity contribution in [3.63, 3.8) is 0 Å². The van der Waals surface area contributed by atoms with E-state index >= 15 is 0 Å². The molecule has 1 aromatic carbocycles. The van der Waals surface area contributed by atoms with Gasteiger partial charge in [-0.05, 0) is 24.1 Å². The van der Waals surface area contributed by atoms with Gasteiger partial charge in [-0.15, -0.1) is 0 Å². The molecule has 114 valence electrons. The number of benzene rings is 1. The van der Waals surface area contributed by atoms with E-state index in [4.69, 9.17) is 0 Å². The van der Waals surface area contributed by atoms with Gasteiger partial charge in [0.15, 0.2) is 0 Å². The van der Waals surface area contributed by atoms with Gasteiger partial charge in [0.1, 0.15) is 5.82 Å². The summed E-state index contributed by atoms with van der Waals surface area (Å²) in [5.41, 5.74) is 0.595. The van der Waals surface area contributed by atoms with E-state index in [1.54, 1.807) is 36.1 Å². The Kier molecular flexibility index (Phi) is 4.76. The number of aliphatic hydroxyl groups excluding tert-OH is 1. The highest BCUT2D eigenvalue weighted by Gasteiger charge is 2.16. The Bertz CT molecular complexity index is 710. The van der Waals surface area contributed by atoms with E-state index in [-0.39, 0.29) is 11.4 Å². The fraction of sp³-hybridized carbons (Fsp3) is 0.357. The van der Waals surface area contributed by atoms with Gasteiger partial charge in [-0.1, -0.05) is 19.1 Å². The molecule has 0 bridgehead atoms. The number of aliphatic hydroxyl groups is 1. The third-order valence-electron chi connectivity index (χ3n) is 3.28. The maximum atomic E-state index is 12.3. The predicted molar refractivity (Wildman–Crippen MR) is 78.9 cm³/mol. The maximum Gasteiger partial charge on any atom is 0.240 e. The molecule has 0 radical (unpaired) electrons. The van der Waals surface area contributed by atoms with Gasteiger partial charge in [0.2, 0.25) is 10.0 Å². The van der Waals surface area contributed by atoms with E-state index in [0.717, 1.165) is 0 Å². The monoisotopic (exact) mass is 309 g/mol. The first kappa shape index (κ1) is 15.7. The summed E-state index contributed by atoms with van der Waals surface area (Å²) in [7, 11) is -1.83. The van der Waals surface area contributed by atoms with Gasteiger partial charge >= 0.3 is 0 Å². The van der Waals surface area contributed by atoms with Crippen molar-refractivity contribution in [1.82, 2.24) is 14.3 Å². The van der Waals surface area contributed by atoms with Crippen LogP contribution in [0, 0.1) is 0 Å². The zero-order chi connectivity index (χ0) is 15.5. The van der Waals surface area contributed by atoms with E-state index in [9.17, 15) is 13.5 Å². The Morgan fingerprint density at radius 3 is 2.81 bits per heavy atom. The fourth-order valence-corrected chi connectivity index (χ4v) is 2.97. The summed E-state index contributed by atoms with van der Waals surface area (Å²) < 4.78 is 28.8. The van der Waals surface area contributed by atoms with Crippen LogP contribution in [0.2, 0.25) is 0 Å². The lowest BCUT2D eigenvalue weighted by molar-refractivity contribution is 0.173. The molecule has 1 unspecified atom stereocenters. The number of imidazole rings is 1. The van der Waals surface area contributed by atoms with E-state index < -0.39 is 16.1 Å². The van der Waals surface area contributed by atoms with Crippen molar-refractivity contribution in [1.29, 1.82) is 0 Å². The van der Waals surface area contributed by atoms with Crippen LogP contribution in [0.5, 0.6) is 0 Å². The summed E-state index contributed by atoms with van der Waals surface area (Å²) in [6.07, 6.45) is 3.24. The van der Waals surface area contributed by atoms with Crippen LogP contribution in [0.25, 0.3) is 0 Å². The molecule has 21 heavy (non-hydrogen) atoms. The number of nitrogens with zero attached hydrogens (tertiary/aromatic N) is 2. The van der Waals surface area contributed by atoms with Gasteiger partial charge in [0.05, 0.1) is 17.5 Å². The van der Waals surface area contributed by atoms with Crippen molar-refractivity contribution in [2.45, 2.75) is 30.9 Å². The molecular weight excluding hydrogens is 290 g/mol. The molecule has 0 amide bonds. The SMILES string of the molecule is CCC(O)c1cccc(S(=O)(=O)NCc2nccn2C)c1. The Labute approximate surface area is 124 Å². The van der Waals surface area contributed by atoms with E-state index in [1.807, 2.05) is 6.92 Å². The average molecular weight is 309 g/mol. The number of hydrogen-bond acceptors (Lipinski definition) is 4. The smallest absolute Gasteiger partial charge is 0.240 e. The highest BCUT2D eigenvalue weighted by Crippen LogP contribution is 2.19. The van der Waals surface area contributed by atoms with Crippen LogP contribution in [-0.2, 0) is 23.6 Å². The maximum absolute atomic E-state index is 12.3. The lowest BCUT2D eigenvalue weighted by Crippen LogP contribution is -2.24. The highest BCUT2D eigenvalue weighted by atomic mass is 32.2. The number of aromatic nitrogens is 2. The minimum atomic E-state index is -3.63. The molecule has 2 N–H and O–H groups in total. The Morgan fingerprint density at radius 1 is 1.43 bits per heavy atom. The number of rotatable bonds is 6. The number of hydrogen-bond donors (Lipinski definition) is 2. The molecule has 1 heterocycles. The lowest BCUT2D eigenvalue weighted by atomic mass is 10.1. The van der Waals surface area contributed by atoms with Crippen molar-refractivity contribution in [2.24, 2.45) is 7.05 Å². The average Bonchev–Trinajstić information content (AvgIpc) is 2.90. The van der Waals surface area contributed by atoms with Gasteiger partial charge in [0, 0.05) is 19.4 Å². The number of aryl methyl sites for hydroxylation is 1. The van der Waals surface area contributed by atoms with Crippen LogP contribution >= 0.6 is 0 Å². The fourth-order valence-electron chi connectivity index (χ4n) is 1.93. The van der Waals surface area contributed by atoms with Gasteiger partial charge in [0.25, 0.3) is 0 Å². The Balaban J connectivity index is 2.18. The van der Waals surface area contributed by atoms with E-state index in [0.29, 0.717) is 17.8 Å². The van der Waals surface area contributed by atoms with Crippen LogP contribution in [0.3, 0.4) is 0 Å². The van der Waals surface area contributed by atoms with Crippen molar-refractivity contribution >= 4 is 10.0 Å². The van der Waals surface area contributed by atoms with Crippen molar-refractivity contribution in [3.05, 3.63) is 48.0 Å². The first-order valence-electron chi connectivity index (χ1n) is 6.68. The highest BCUT2D eigenvalue weighted by molar-refractivity contribution is 7.89. The van der Waals surface area contributed by atoms with Crippen LogP contribution in [-0.4, -0.2) is 23.1 Å². The molecule has 0 aliphatic heterocycles. The molecule has 1 atom stereocenters. The summed E-state index contributed by atoms with van der Waals surface area (Å²) in [5.74, 6) is 0.628. The molecule has 2 rings (SSSR count).